The molecule has 0 unspecified atom stereocenters. The normalized spacial score (nSPS) is 11.4. The molecule has 26 heavy (non-hydrogen) atoms. The molecule has 3 aromatic rings. The fourth-order valence-corrected chi connectivity index (χ4v) is 4.24. The third-order valence-electron chi connectivity index (χ3n) is 4.08. The number of carbonyl (C=O) groups is 1. The van der Waals surface area contributed by atoms with E-state index in [1.807, 2.05) is 41.9 Å². The lowest BCUT2D eigenvalue weighted by Crippen LogP contribution is -2.15. The molecule has 1 aromatic carbocycles. The molecular formula is C20H22N2O2S2. The Morgan fingerprint density at radius 2 is 2.00 bits per heavy atom. The summed E-state index contributed by atoms with van der Waals surface area (Å²) in [5, 5.41) is 7.91. The molecule has 4 nitrogen and oxygen atoms in total. The lowest BCUT2D eigenvalue weighted by atomic mass is 9.87. The SMILES string of the molecule is COc1ccc(C(C)(C)C)cc1NC(=O)c1sc(-c2ccsc2)nc1C. The van der Waals surface area contributed by atoms with E-state index < -0.39 is 0 Å². The van der Waals surface area contributed by atoms with Crippen molar-refractivity contribution in [3.63, 3.8) is 0 Å². The van der Waals surface area contributed by atoms with Gasteiger partial charge in [0, 0.05) is 10.9 Å². The van der Waals surface area contributed by atoms with Crippen molar-refractivity contribution in [2.24, 2.45) is 0 Å². The van der Waals surface area contributed by atoms with Crippen molar-refractivity contribution in [2.75, 3.05) is 12.4 Å². The second-order valence-electron chi connectivity index (χ2n) is 7.06. The highest BCUT2D eigenvalue weighted by Crippen LogP contribution is 2.33. The molecule has 0 aliphatic carbocycles. The zero-order chi connectivity index (χ0) is 18.9. The fourth-order valence-electron chi connectivity index (χ4n) is 2.57. The van der Waals surface area contributed by atoms with Gasteiger partial charge in [0.1, 0.15) is 15.6 Å². The van der Waals surface area contributed by atoms with Crippen LogP contribution in [0.1, 0.15) is 41.7 Å². The molecule has 0 fully saturated rings. The molecule has 0 atom stereocenters. The molecule has 0 bridgehead atoms. The van der Waals surface area contributed by atoms with Crippen molar-refractivity contribution in [2.45, 2.75) is 33.1 Å². The molecule has 6 heteroatoms. The monoisotopic (exact) mass is 386 g/mol. The quantitative estimate of drug-likeness (QED) is 0.622. The van der Waals surface area contributed by atoms with Crippen molar-refractivity contribution in [1.29, 1.82) is 0 Å². The largest absolute Gasteiger partial charge is 0.495 e. The number of aromatic nitrogens is 1. The van der Waals surface area contributed by atoms with Gasteiger partial charge in [0.2, 0.25) is 0 Å². The first kappa shape index (κ1) is 18.6. The van der Waals surface area contributed by atoms with E-state index in [4.69, 9.17) is 4.74 Å². The predicted octanol–water partition coefficient (Wildman–Crippen LogP) is 5.74. The van der Waals surface area contributed by atoms with E-state index in [-0.39, 0.29) is 11.3 Å². The molecule has 136 valence electrons. The van der Waals surface area contributed by atoms with Gasteiger partial charge in [-0.2, -0.15) is 11.3 Å². The van der Waals surface area contributed by atoms with Gasteiger partial charge in [-0.25, -0.2) is 4.98 Å². The van der Waals surface area contributed by atoms with E-state index >= 15 is 0 Å². The van der Waals surface area contributed by atoms with Crippen LogP contribution in [0.3, 0.4) is 0 Å². The molecule has 0 saturated carbocycles. The number of nitrogens with one attached hydrogen (secondary N) is 1. The Morgan fingerprint density at radius 1 is 1.23 bits per heavy atom. The average molecular weight is 387 g/mol. The van der Waals surface area contributed by atoms with Gasteiger partial charge in [0.15, 0.2) is 0 Å². The highest BCUT2D eigenvalue weighted by Gasteiger charge is 2.20. The Bertz CT molecular complexity index is 922. The van der Waals surface area contributed by atoms with Crippen molar-refractivity contribution in [3.05, 3.63) is 51.2 Å². The number of thiazole rings is 1. The van der Waals surface area contributed by atoms with Gasteiger partial charge >= 0.3 is 0 Å². The fraction of sp³-hybridized carbons (Fsp3) is 0.300. The Kier molecular flexibility index (Phi) is 5.16. The summed E-state index contributed by atoms with van der Waals surface area (Å²) >= 11 is 3.03. The Hall–Kier alpha value is -2.18. The second-order valence-corrected chi connectivity index (χ2v) is 8.84. The van der Waals surface area contributed by atoms with Crippen molar-refractivity contribution in [3.8, 4) is 16.3 Å². The van der Waals surface area contributed by atoms with E-state index in [9.17, 15) is 4.79 Å². The molecule has 2 heterocycles. The number of benzene rings is 1. The maximum absolute atomic E-state index is 12.9. The van der Waals surface area contributed by atoms with E-state index in [0.717, 1.165) is 21.8 Å². The molecule has 0 saturated heterocycles. The number of hydrogen-bond donors (Lipinski definition) is 1. The van der Waals surface area contributed by atoms with Crippen molar-refractivity contribution >= 4 is 34.3 Å². The summed E-state index contributed by atoms with van der Waals surface area (Å²) < 4.78 is 5.42. The number of ether oxygens (including phenoxy) is 1. The number of rotatable bonds is 4. The molecule has 0 spiro atoms. The van der Waals surface area contributed by atoms with Gasteiger partial charge in [0.05, 0.1) is 18.5 Å². The summed E-state index contributed by atoms with van der Waals surface area (Å²) in [5.74, 6) is 0.484. The third-order valence-corrected chi connectivity index (χ3v) is 5.97. The molecule has 0 aliphatic rings. The van der Waals surface area contributed by atoms with Crippen molar-refractivity contribution < 1.29 is 9.53 Å². The van der Waals surface area contributed by atoms with Gasteiger partial charge in [0.25, 0.3) is 5.91 Å². The van der Waals surface area contributed by atoms with E-state index in [0.29, 0.717) is 16.3 Å². The Labute approximate surface area is 161 Å². The molecule has 1 amide bonds. The van der Waals surface area contributed by atoms with Crippen LogP contribution in [0.15, 0.2) is 35.0 Å². The van der Waals surface area contributed by atoms with Crippen LogP contribution < -0.4 is 10.1 Å². The number of nitrogens with zero attached hydrogens (tertiary/aromatic N) is 1. The molecule has 1 N–H and O–H groups in total. The van der Waals surface area contributed by atoms with Crippen LogP contribution >= 0.6 is 22.7 Å². The number of thiophene rings is 1. The Morgan fingerprint density at radius 3 is 2.62 bits per heavy atom. The van der Waals surface area contributed by atoms with Crippen LogP contribution in [0.5, 0.6) is 5.75 Å². The van der Waals surface area contributed by atoms with Crippen LogP contribution in [-0.2, 0) is 5.41 Å². The summed E-state index contributed by atoms with van der Waals surface area (Å²) in [5.41, 5.74) is 3.58. The minimum atomic E-state index is -0.161. The molecule has 0 aliphatic heterocycles. The summed E-state index contributed by atoms with van der Waals surface area (Å²) in [7, 11) is 1.61. The van der Waals surface area contributed by atoms with Gasteiger partial charge < -0.3 is 10.1 Å². The summed E-state index contributed by atoms with van der Waals surface area (Å²) in [6, 6.07) is 7.92. The summed E-state index contributed by atoms with van der Waals surface area (Å²) in [6.07, 6.45) is 0. The van der Waals surface area contributed by atoms with Crippen LogP contribution in [0, 0.1) is 6.92 Å². The Balaban J connectivity index is 1.91. The predicted molar refractivity (Wildman–Crippen MR) is 110 cm³/mol. The highest BCUT2D eigenvalue weighted by molar-refractivity contribution is 7.17. The molecule has 2 aromatic heterocycles. The third kappa shape index (κ3) is 3.81. The van der Waals surface area contributed by atoms with Gasteiger partial charge in [-0.3, -0.25) is 4.79 Å². The second kappa shape index (κ2) is 7.21. The minimum Gasteiger partial charge on any atom is -0.495 e. The number of hydrogen-bond acceptors (Lipinski definition) is 5. The zero-order valence-electron chi connectivity index (χ0n) is 15.5. The standard InChI is InChI=1S/C20H22N2O2S2/c1-12-17(26-19(21-12)13-8-9-25-11-13)18(23)22-15-10-14(20(2,3)4)6-7-16(15)24-5/h6-11H,1-5H3,(H,22,23). The number of anilines is 1. The lowest BCUT2D eigenvalue weighted by Gasteiger charge is -2.21. The van der Waals surface area contributed by atoms with Gasteiger partial charge in [-0.15, -0.1) is 11.3 Å². The number of methoxy groups -OCH3 is 1. The first-order valence-corrected chi connectivity index (χ1v) is 10.1. The molecule has 3 rings (SSSR count). The summed E-state index contributed by atoms with van der Waals surface area (Å²) in [6.45, 7) is 8.28. The average Bonchev–Trinajstić information content (AvgIpc) is 3.23. The van der Waals surface area contributed by atoms with Crippen LogP contribution in [-0.4, -0.2) is 18.0 Å². The first-order valence-electron chi connectivity index (χ1n) is 8.29. The number of carbonyl (C=O) groups excluding carboxylic acids is 1. The smallest absolute Gasteiger partial charge is 0.267 e. The van der Waals surface area contributed by atoms with E-state index in [2.05, 4.69) is 31.1 Å². The topological polar surface area (TPSA) is 51.2 Å². The maximum Gasteiger partial charge on any atom is 0.267 e. The van der Waals surface area contributed by atoms with Gasteiger partial charge in [-0.1, -0.05) is 26.8 Å². The molecule has 0 radical (unpaired) electrons. The number of aryl methyl sites for hydroxylation is 1. The van der Waals surface area contributed by atoms with Crippen molar-refractivity contribution in [1.82, 2.24) is 4.98 Å². The maximum atomic E-state index is 12.9. The first-order chi connectivity index (χ1) is 12.3. The summed E-state index contributed by atoms with van der Waals surface area (Å²) in [4.78, 5) is 18.0. The van der Waals surface area contributed by atoms with Gasteiger partial charge in [-0.05, 0) is 41.5 Å². The van der Waals surface area contributed by atoms with E-state index in [1.54, 1.807) is 18.4 Å². The molecular weight excluding hydrogens is 364 g/mol. The van der Waals surface area contributed by atoms with Crippen LogP contribution in [0.25, 0.3) is 10.6 Å². The van der Waals surface area contributed by atoms with Crippen LogP contribution in [0.2, 0.25) is 0 Å². The zero-order valence-corrected chi connectivity index (χ0v) is 17.2. The van der Waals surface area contributed by atoms with Crippen LogP contribution in [0.4, 0.5) is 5.69 Å². The lowest BCUT2D eigenvalue weighted by molar-refractivity contribution is 0.102. The minimum absolute atomic E-state index is 0.0156. The number of amides is 1. The highest BCUT2D eigenvalue weighted by atomic mass is 32.1. The van der Waals surface area contributed by atoms with E-state index in [1.165, 1.54) is 11.3 Å².